The van der Waals surface area contributed by atoms with E-state index in [1.54, 1.807) is 19.1 Å². The molecule has 196 valence electrons. The molecule has 0 fully saturated rings. The molecule has 10 heteroatoms. The van der Waals surface area contributed by atoms with E-state index in [1.165, 1.54) is 23.8 Å². The van der Waals surface area contributed by atoms with E-state index in [1.807, 2.05) is 60.7 Å². The number of hydrogen-bond donors (Lipinski definition) is 0. The van der Waals surface area contributed by atoms with Crippen molar-refractivity contribution >= 4 is 34.8 Å². The van der Waals surface area contributed by atoms with Crippen LogP contribution < -0.4 is 19.6 Å². The topological polar surface area (TPSA) is 113 Å². The number of nitrogens with zero attached hydrogens (tertiary/aromatic N) is 3. The molecule has 0 saturated heterocycles. The van der Waals surface area contributed by atoms with Gasteiger partial charge in [-0.2, -0.15) is 0 Å². The summed E-state index contributed by atoms with van der Waals surface area (Å²) >= 11 is 1.15. The lowest BCUT2D eigenvalue weighted by Crippen LogP contribution is -2.39. The second kappa shape index (κ2) is 10.9. The number of thiazole rings is 1. The van der Waals surface area contributed by atoms with Crippen LogP contribution in [0.15, 0.2) is 94.2 Å². The molecule has 2 heterocycles. The number of esters is 1. The van der Waals surface area contributed by atoms with Gasteiger partial charge in [-0.1, -0.05) is 78.1 Å². The average Bonchev–Trinajstić information content (AvgIpc) is 3.27. The lowest BCUT2D eigenvalue weighted by atomic mass is 9.93. The summed E-state index contributed by atoms with van der Waals surface area (Å²) in [6.07, 6.45) is 1.58. The molecule has 0 amide bonds. The van der Waals surface area contributed by atoms with Crippen LogP contribution in [-0.4, -0.2) is 29.2 Å². The molecular weight excluding hydrogens is 518 g/mol. The van der Waals surface area contributed by atoms with E-state index in [9.17, 15) is 19.7 Å². The van der Waals surface area contributed by atoms with Crippen molar-refractivity contribution < 1.29 is 19.2 Å². The second-order valence-electron chi connectivity index (χ2n) is 8.53. The van der Waals surface area contributed by atoms with Crippen LogP contribution in [0.3, 0.4) is 0 Å². The Morgan fingerprint density at radius 1 is 1.10 bits per heavy atom. The minimum absolute atomic E-state index is 0.120. The molecular formula is C29H23N3O6S. The third kappa shape index (κ3) is 4.89. The molecule has 1 aliphatic heterocycles. The first kappa shape index (κ1) is 25.8. The first-order valence-corrected chi connectivity index (χ1v) is 12.9. The van der Waals surface area contributed by atoms with Crippen molar-refractivity contribution in [3.63, 3.8) is 0 Å². The van der Waals surface area contributed by atoms with Gasteiger partial charge in [0.2, 0.25) is 0 Å². The van der Waals surface area contributed by atoms with E-state index >= 15 is 0 Å². The van der Waals surface area contributed by atoms with Crippen molar-refractivity contribution in [2.24, 2.45) is 4.99 Å². The van der Waals surface area contributed by atoms with Gasteiger partial charge >= 0.3 is 11.7 Å². The van der Waals surface area contributed by atoms with Gasteiger partial charge in [0.05, 0.1) is 40.5 Å². The third-order valence-corrected chi connectivity index (χ3v) is 7.17. The first-order valence-electron chi connectivity index (χ1n) is 12.1. The summed E-state index contributed by atoms with van der Waals surface area (Å²) in [6.45, 7) is 1.88. The molecule has 0 spiro atoms. The summed E-state index contributed by atoms with van der Waals surface area (Å²) in [5.74, 6) is -0.441. The summed E-state index contributed by atoms with van der Waals surface area (Å²) in [4.78, 5) is 43.4. The van der Waals surface area contributed by atoms with Gasteiger partial charge in [0.15, 0.2) is 10.6 Å². The minimum Gasteiger partial charge on any atom is -0.490 e. The molecule has 0 aliphatic carbocycles. The maximum absolute atomic E-state index is 13.9. The van der Waals surface area contributed by atoms with Crippen LogP contribution in [0.1, 0.15) is 29.7 Å². The predicted molar refractivity (Wildman–Crippen MR) is 147 cm³/mol. The molecule has 3 aromatic carbocycles. The first-order chi connectivity index (χ1) is 18.9. The lowest BCUT2D eigenvalue weighted by Gasteiger charge is -2.25. The number of nitro groups is 1. The van der Waals surface area contributed by atoms with Gasteiger partial charge in [-0.25, -0.2) is 9.79 Å². The highest BCUT2D eigenvalue weighted by atomic mass is 32.1. The largest absolute Gasteiger partial charge is 0.490 e. The molecule has 4 aromatic rings. The van der Waals surface area contributed by atoms with Gasteiger partial charge in [-0.3, -0.25) is 19.5 Å². The van der Waals surface area contributed by atoms with Crippen LogP contribution in [0.2, 0.25) is 0 Å². The third-order valence-electron chi connectivity index (χ3n) is 6.19. The fourth-order valence-electron chi connectivity index (χ4n) is 4.48. The van der Waals surface area contributed by atoms with Crippen LogP contribution in [0.25, 0.3) is 11.8 Å². The van der Waals surface area contributed by atoms with Crippen LogP contribution >= 0.6 is 11.3 Å². The molecule has 5 rings (SSSR count). The van der Waals surface area contributed by atoms with E-state index in [-0.39, 0.29) is 29.2 Å². The van der Waals surface area contributed by atoms with Crippen molar-refractivity contribution in [3.05, 3.63) is 131 Å². The smallest absolute Gasteiger partial charge is 0.338 e. The van der Waals surface area contributed by atoms with E-state index < -0.39 is 16.9 Å². The van der Waals surface area contributed by atoms with Gasteiger partial charge in [0.1, 0.15) is 0 Å². The standard InChI is InChI=1S/C29H23N3O6S/c1-3-38-28(34)24-25(19-10-6-4-7-11-19)30-29-31(26(24)20-12-8-5-9-13-20)27(33)23(39-29)17-18-14-15-22(37-2)21(16-18)32(35)36/h4-17,26H,3H2,1-2H3/b23-17-/t26-/m0/s1. The van der Waals surface area contributed by atoms with Crippen LogP contribution in [0.5, 0.6) is 5.75 Å². The number of carbonyl (C=O) groups excluding carboxylic acids is 1. The Morgan fingerprint density at radius 3 is 2.44 bits per heavy atom. The van der Waals surface area contributed by atoms with Crippen LogP contribution in [-0.2, 0) is 9.53 Å². The molecule has 1 atom stereocenters. The Morgan fingerprint density at radius 2 is 1.79 bits per heavy atom. The molecule has 0 radical (unpaired) electrons. The molecule has 9 nitrogen and oxygen atoms in total. The Balaban J connectivity index is 1.79. The maximum Gasteiger partial charge on any atom is 0.338 e. The Hall–Kier alpha value is -4.83. The summed E-state index contributed by atoms with van der Waals surface area (Å²) in [5, 5.41) is 11.5. The number of carbonyl (C=O) groups is 1. The van der Waals surface area contributed by atoms with E-state index in [2.05, 4.69) is 0 Å². The summed E-state index contributed by atoms with van der Waals surface area (Å²) in [7, 11) is 1.36. The quantitative estimate of drug-likeness (QED) is 0.200. The van der Waals surface area contributed by atoms with Gasteiger partial charge in [-0.05, 0) is 30.2 Å². The number of benzene rings is 3. The van der Waals surface area contributed by atoms with Gasteiger partial charge < -0.3 is 9.47 Å². The summed E-state index contributed by atoms with van der Waals surface area (Å²) < 4.78 is 12.3. The highest BCUT2D eigenvalue weighted by Gasteiger charge is 2.35. The van der Waals surface area contributed by atoms with Gasteiger partial charge in [-0.15, -0.1) is 0 Å². The second-order valence-corrected chi connectivity index (χ2v) is 9.54. The van der Waals surface area contributed by atoms with Crippen molar-refractivity contribution in [3.8, 4) is 5.75 Å². The molecule has 0 unspecified atom stereocenters. The number of ether oxygens (including phenoxy) is 2. The van der Waals surface area contributed by atoms with Crippen molar-refractivity contribution in [2.75, 3.05) is 13.7 Å². The SMILES string of the molecule is CCOC(=O)C1=C(c2ccccc2)N=c2s/c(=C\c3ccc(OC)c([N+](=O)[O-])c3)c(=O)n2[C@H]1c1ccccc1. The molecule has 1 aromatic heterocycles. The highest BCUT2D eigenvalue weighted by molar-refractivity contribution is 7.07. The summed E-state index contributed by atoms with van der Waals surface area (Å²) in [5.41, 5.74) is 1.99. The fraction of sp³-hybridized carbons (Fsp3) is 0.138. The predicted octanol–water partition coefficient (Wildman–Crippen LogP) is 3.85. The zero-order chi connectivity index (χ0) is 27.5. The molecule has 39 heavy (non-hydrogen) atoms. The number of nitro benzene ring substituents is 1. The van der Waals surface area contributed by atoms with Crippen molar-refractivity contribution in [1.82, 2.24) is 4.57 Å². The Labute approximate surface area is 226 Å². The monoisotopic (exact) mass is 541 g/mol. The van der Waals surface area contributed by atoms with E-state index in [0.29, 0.717) is 26.2 Å². The van der Waals surface area contributed by atoms with Crippen molar-refractivity contribution in [2.45, 2.75) is 13.0 Å². The minimum atomic E-state index is -0.788. The fourth-order valence-corrected chi connectivity index (χ4v) is 5.48. The molecule has 0 saturated carbocycles. The number of hydrogen-bond acceptors (Lipinski definition) is 8. The van der Waals surface area contributed by atoms with Gasteiger partial charge in [0, 0.05) is 11.6 Å². The van der Waals surface area contributed by atoms with Crippen LogP contribution in [0, 0.1) is 10.1 Å². The Bertz CT molecular complexity index is 1780. The van der Waals surface area contributed by atoms with Gasteiger partial charge in [0.25, 0.3) is 5.56 Å². The molecule has 0 N–H and O–H groups in total. The summed E-state index contributed by atoms with van der Waals surface area (Å²) in [6, 6.07) is 22.2. The number of fused-ring (bicyclic) bond motifs is 1. The number of aromatic nitrogens is 1. The van der Waals surface area contributed by atoms with Crippen LogP contribution in [0.4, 0.5) is 5.69 Å². The Kier molecular flexibility index (Phi) is 7.20. The lowest BCUT2D eigenvalue weighted by molar-refractivity contribution is -0.385. The highest BCUT2D eigenvalue weighted by Crippen LogP contribution is 2.35. The average molecular weight is 542 g/mol. The van der Waals surface area contributed by atoms with E-state index in [4.69, 9.17) is 14.5 Å². The zero-order valence-electron chi connectivity index (χ0n) is 21.1. The number of rotatable bonds is 7. The maximum atomic E-state index is 13.9. The van der Waals surface area contributed by atoms with E-state index in [0.717, 1.165) is 16.9 Å². The molecule has 0 bridgehead atoms. The molecule has 1 aliphatic rings. The zero-order valence-corrected chi connectivity index (χ0v) is 21.9. The number of methoxy groups -OCH3 is 1. The van der Waals surface area contributed by atoms with Crippen molar-refractivity contribution in [1.29, 1.82) is 0 Å². The normalized spacial score (nSPS) is 14.9.